The highest BCUT2D eigenvalue weighted by Crippen LogP contribution is 2.30. The topological polar surface area (TPSA) is 74.8 Å². The number of ether oxygens (including phenoxy) is 1. The molecule has 7 nitrogen and oxygen atoms in total. The SMILES string of the molecule is COc1ccccc1N1CCN(CC(=O)NCc2nc3ccccc3s2)C1=O. The van der Waals surface area contributed by atoms with Crippen molar-refractivity contribution in [2.24, 2.45) is 0 Å². The maximum atomic E-state index is 12.7. The molecule has 2 heterocycles. The second-order valence-corrected chi connectivity index (χ2v) is 7.49. The molecule has 144 valence electrons. The molecule has 0 unspecified atom stereocenters. The van der Waals surface area contributed by atoms with Crippen LogP contribution in [0.5, 0.6) is 5.75 Å². The summed E-state index contributed by atoms with van der Waals surface area (Å²) in [5.41, 5.74) is 1.64. The fourth-order valence-electron chi connectivity index (χ4n) is 3.20. The van der Waals surface area contributed by atoms with E-state index in [-0.39, 0.29) is 18.5 Å². The van der Waals surface area contributed by atoms with E-state index in [1.807, 2.05) is 48.5 Å². The number of methoxy groups -OCH3 is 1. The number of fused-ring (bicyclic) bond motifs is 1. The smallest absolute Gasteiger partial charge is 0.325 e. The van der Waals surface area contributed by atoms with Gasteiger partial charge in [-0.05, 0) is 24.3 Å². The number of benzene rings is 2. The molecule has 0 aliphatic carbocycles. The number of urea groups is 1. The Balaban J connectivity index is 1.35. The van der Waals surface area contributed by atoms with Gasteiger partial charge in [-0.2, -0.15) is 0 Å². The van der Waals surface area contributed by atoms with E-state index >= 15 is 0 Å². The minimum Gasteiger partial charge on any atom is -0.495 e. The van der Waals surface area contributed by atoms with Gasteiger partial charge in [0.2, 0.25) is 5.91 Å². The normalized spacial score (nSPS) is 14.0. The number of amides is 3. The van der Waals surface area contributed by atoms with E-state index in [2.05, 4.69) is 10.3 Å². The molecule has 1 aliphatic heterocycles. The number of para-hydroxylation sites is 3. The van der Waals surface area contributed by atoms with Crippen LogP contribution in [-0.2, 0) is 11.3 Å². The van der Waals surface area contributed by atoms with Crippen molar-refractivity contribution in [2.75, 3.05) is 31.6 Å². The zero-order valence-electron chi connectivity index (χ0n) is 15.4. The minimum absolute atomic E-state index is 0.0232. The molecule has 1 aliphatic rings. The summed E-state index contributed by atoms with van der Waals surface area (Å²) in [7, 11) is 1.58. The van der Waals surface area contributed by atoms with Crippen LogP contribution in [0, 0.1) is 0 Å². The first kappa shape index (κ1) is 18.2. The van der Waals surface area contributed by atoms with E-state index in [4.69, 9.17) is 4.74 Å². The average Bonchev–Trinajstić information content (AvgIpc) is 3.30. The van der Waals surface area contributed by atoms with Gasteiger partial charge in [0.25, 0.3) is 0 Å². The van der Waals surface area contributed by atoms with Gasteiger partial charge in [0, 0.05) is 13.1 Å². The van der Waals surface area contributed by atoms with E-state index in [1.165, 1.54) is 0 Å². The third-order valence-corrected chi connectivity index (χ3v) is 5.62. The number of aromatic nitrogens is 1. The second kappa shape index (κ2) is 7.85. The Labute approximate surface area is 166 Å². The minimum atomic E-state index is -0.200. The standard InChI is InChI=1S/C20H20N4O3S/c1-27-16-8-4-3-7-15(16)24-11-10-23(20(24)26)13-18(25)21-12-19-22-14-6-2-5-9-17(14)28-19/h2-9H,10-13H2,1H3,(H,21,25). The lowest BCUT2D eigenvalue weighted by molar-refractivity contribution is -0.121. The number of rotatable bonds is 6. The number of hydrogen-bond donors (Lipinski definition) is 1. The van der Waals surface area contributed by atoms with Crippen LogP contribution < -0.4 is 15.0 Å². The highest BCUT2D eigenvalue weighted by atomic mass is 32.1. The van der Waals surface area contributed by atoms with E-state index in [0.717, 1.165) is 15.2 Å². The zero-order chi connectivity index (χ0) is 19.5. The monoisotopic (exact) mass is 396 g/mol. The molecule has 3 amide bonds. The molecule has 1 aromatic heterocycles. The summed E-state index contributed by atoms with van der Waals surface area (Å²) in [6, 6.07) is 15.0. The Morgan fingerprint density at radius 3 is 2.79 bits per heavy atom. The number of thiazole rings is 1. The molecule has 8 heteroatoms. The van der Waals surface area contributed by atoms with Crippen molar-refractivity contribution >= 4 is 39.2 Å². The number of carbonyl (C=O) groups excluding carboxylic acids is 2. The molecule has 0 saturated carbocycles. The largest absolute Gasteiger partial charge is 0.495 e. The lowest BCUT2D eigenvalue weighted by Gasteiger charge is -2.20. The van der Waals surface area contributed by atoms with Gasteiger partial charge in [-0.15, -0.1) is 11.3 Å². The third-order valence-electron chi connectivity index (χ3n) is 4.58. The Bertz CT molecular complexity index is 986. The molecule has 0 radical (unpaired) electrons. The average molecular weight is 396 g/mol. The summed E-state index contributed by atoms with van der Waals surface area (Å²) in [4.78, 5) is 32.7. The molecule has 2 aromatic carbocycles. The second-order valence-electron chi connectivity index (χ2n) is 6.38. The van der Waals surface area contributed by atoms with Crippen molar-refractivity contribution in [3.8, 4) is 5.75 Å². The molecule has 1 saturated heterocycles. The molecule has 1 fully saturated rings. The number of carbonyl (C=O) groups is 2. The van der Waals surface area contributed by atoms with Gasteiger partial charge in [-0.25, -0.2) is 9.78 Å². The molecule has 0 atom stereocenters. The Morgan fingerprint density at radius 1 is 1.18 bits per heavy atom. The first-order valence-electron chi connectivity index (χ1n) is 8.96. The Hall–Kier alpha value is -3.13. The summed E-state index contributed by atoms with van der Waals surface area (Å²) in [6.45, 7) is 1.39. The predicted molar refractivity (Wildman–Crippen MR) is 109 cm³/mol. The van der Waals surface area contributed by atoms with Gasteiger partial charge in [-0.1, -0.05) is 24.3 Å². The number of hydrogen-bond acceptors (Lipinski definition) is 5. The summed E-state index contributed by atoms with van der Waals surface area (Å²) in [6.07, 6.45) is 0. The predicted octanol–water partition coefficient (Wildman–Crippen LogP) is 2.86. The first-order chi connectivity index (χ1) is 13.7. The molecular weight excluding hydrogens is 376 g/mol. The lowest BCUT2D eigenvalue weighted by atomic mass is 10.2. The van der Waals surface area contributed by atoms with Crippen molar-refractivity contribution < 1.29 is 14.3 Å². The number of anilines is 1. The molecule has 4 rings (SSSR count). The van der Waals surface area contributed by atoms with Gasteiger partial charge >= 0.3 is 6.03 Å². The van der Waals surface area contributed by atoms with Crippen molar-refractivity contribution in [1.82, 2.24) is 15.2 Å². The van der Waals surface area contributed by atoms with Gasteiger partial charge in [0.05, 0.1) is 29.6 Å². The maximum Gasteiger partial charge on any atom is 0.325 e. The fourth-order valence-corrected chi connectivity index (χ4v) is 4.11. The lowest BCUT2D eigenvalue weighted by Crippen LogP contribution is -2.39. The Kier molecular flexibility index (Phi) is 5.12. The van der Waals surface area contributed by atoms with Crippen LogP contribution >= 0.6 is 11.3 Å². The van der Waals surface area contributed by atoms with Crippen molar-refractivity contribution in [2.45, 2.75) is 6.54 Å². The molecule has 1 N–H and O–H groups in total. The number of nitrogens with zero attached hydrogens (tertiary/aromatic N) is 3. The van der Waals surface area contributed by atoms with E-state index in [0.29, 0.717) is 31.1 Å². The summed E-state index contributed by atoms with van der Waals surface area (Å²) < 4.78 is 6.43. The molecule has 0 bridgehead atoms. The molecular formula is C20H20N4O3S. The van der Waals surface area contributed by atoms with Gasteiger partial charge < -0.3 is 15.0 Å². The molecule has 28 heavy (non-hydrogen) atoms. The van der Waals surface area contributed by atoms with Crippen LogP contribution in [0.25, 0.3) is 10.2 Å². The summed E-state index contributed by atoms with van der Waals surface area (Å²) in [5, 5.41) is 3.70. The Morgan fingerprint density at radius 2 is 1.96 bits per heavy atom. The van der Waals surface area contributed by atoms with Crippen LogP contribution in [0.1, 0.15) is 5.01 Å². The van der Waals surface area contributed by atoms with Crippen LogP contribution in [0.3, 0.4) is 0 Å². The molecule has 0 spiro atoms. The highest BCUT2D eigenvalue weighted by Gasteiger charge is 2.32. The summed E-state index contributed by atoms with van der Waals surface area (Å²) in [5.74, 6) is 0.437. The van der Waals surface area contributed by atoms with E-state index in [1.54, 1.807) is 28.2 Å². The van der Waals surface area contributed by atoms with Crippen LogP contribution in [0.15, 0.2) is 48.5 Å². The maximum absolute atomic E-state index is 12.7. The van der Waals surface area contributed by atoms with Crippen LogP contribution in [-0.4, -0.2) is 48.6 Å². The van der Waals surface area contributed by atoms with E-state index in [9.17, 15) is 9.59 Å². The van der Waals surface area contributed by atoms with Gasteiger partial charge in [-0.3, -0.25) is 9.69 Å². The van der Waals surface area contributed by atoms with Gasteiger partial charge in [0.1, 0.15) is 17.3 Å². The van der Waals surface area contributed by atoms with Gasteiger partial charge in [0.15, 0.2) is 0 Å². The quantitative estimate of drug-likeness (QED) is 0.695. The zero-order valence-corrected chi connectivity index (χ0v) is 16.2. The summed E-state index contributed by atoms with van der Waals surface area (Å²) >= 11 is 1.56. The third kappa shape index (κ3) is 3.63. The fraction of sp³-hybridized carbons (Fsp3) is 0.250. The highest BCUT2D eigenvalue weighted by molar-refractivity contribution is 7.18. The first-order valence-corrected chi connectivity index (χ1v) is 9.78. The van der Waals surface area contributed by atoms with E-state index < -0.39 is 0 Å². The number of nitrogens with one attached hydrogen (secondary N) is 1. The van der Waals surface area contributed by atoms with Crippen molar-refractivity contribution in [3.05, 3.63) is 53.5 Å². The van der Waals surface area contributed by atoms with Crippen LogP contribution in [0.4, 0.5) is 10.5 Å². The van der Waals surface area contributed by atoms with Crippen molar-refractivity contribution in [1.29, 1.82) is 0 Å². The van der Waals surface area contributed by atoms with Crippen LogP contribution in [0.2, 0.25) is 0 Å². The molecule has 3 aromatic rings. The van der Waals surface area contributed by atoms with Crippen molar-refractivity contribution in [3.63, 3.8) is 0 Å².